The number of nitrogens with zero attached hydrogens (tertiary/aromatic N) is 1. The molecule has 0 heterocycles. The number of benzene rings is 1. The summed E-state index contributed by atoms with van der Waals surface area (Å²) in [7, 11) is 1.20. The summed E-state index contributed by atoms with van der Waals surface area (Å²) in [5.41, 5.74) is -1.10. The van der Waals surface area contributed by atoms with Crippen molar-refractivity contribution in [3.05, 3.63) is 32.8 Å². The molecule has 0 saturated carbocycles. The number of hydrogen-bond donors (Lipinski definition) is 1. The highest BCUT2D eigenvalue weighted by Gasteiger charge is 2.26. The maximum atomic E-state index is 10.7. The van der Waals surface area contributed by atoms with Gasteiger partial charge in [0.1, 0.15) is 5.56 Å². The predicted molar refractivity (Wildman–Crippen MR) is 51.6 cm³/mol. The third-order valence-electron chi connectivity index (χ3n) is 1.67. The number of aromatic carboxylic acids is 1. The second-order valence-electron chi connectivity index (χ2n) is 2.57. The lowest BCUT2D eigenvalue weighted by Crippen LogP contribution is -2.04. The third-order valence-corrected chi connectivity index (χ3v) is 1.89. The number of carbonyl (C=O) groups is 1. The standard InChI is InChI=1S/C8H6ClNO5/c1-15-6-3-4(9)2-5(8(11)12)7(6)10(13)14/h2-3H,1H3,(H,11,12). The zero-order valence-electron chi connectivity index (χ0n) is 7.56. The van der Waals surface area contributed by atoms with Crippen molar-refractivity contribution in [1.29, 1.82) is 0 Å². The molecule has 0 bridgehead atoms. The van der Waals surface area contributed by atoms with E-state index in [0.717, 1.165) is 6.07 Å². The van der Waals surface area contributed by atoms with Crippen LogP contribution in [-0.4, -0.2) is 23.1 Å². The molecule has 0 aliphatic carbocycles. The van der Waals surface area contributed by atoms with Gasteiger partial charge in [0.15, 0.2) is 5.75 Å². The van der Waals surface area contributed by atoms with E-state index in [9.17, 15) is 14.9 Å². The van der Waals surface area contributed by atoms with E-state index < -0.39 is 22.1 Å². The lowest BCUT2D eigenvalue weighted by molar-refractivity contribution is -0.386. The van der Waals surface area contributed by atoms with E-state index in [1.807, 2.05) is 0 Å². The molecule has 0 atom stereocenters. The second-order valence-corrected chi connectivity index (χ2v) is 3.00. The molecule has 0 radical (unpaired) electrons. The summed E-state index contributed by atoms with van der Waals surface area (Å²) in [4.78, 5) is 20.5. The largest absolute Gasteiger partial charge is 0.490 e. The summed E-state index contributed by atoms with van der Waals surface area (Å²) in [5, 5.41) is 19.4. The molecule has 0 unspecified atom stereocenters. The minimum atomic E-state index is -1.43. The molecule has 1 aromatic rings. The molecule has 7 heteroatoms. The van der Waals surface area contributed by atoms with Crippen LogP contribution < -0.4 is 4.74 Å². The molecule has 0 saturated heterocycles. The van der Waals surface area contributed by atoms with Crippen LogP contribution in [0.3, 0.4) is 0 Å². The molecule has 0 spiro atoms. The number of carboxylic acids is 1. The van der Waals surface area contributed by atoms with Crippen molar-refractivity contribution in [3.63, 3.8) is 0 Å². The van der Waals surface area contributed by atoms with Gasteiger partial charge in [-0.2, -0.15) is 0 Å². The van der Waals surface area contributed by atoms with E-state index in [1.165, 1.54) is 13.2 Å². The van der Waals surface area contributed by atoms with Crippen molar-refractivity contribution in [3.8, 4) is 5.75 Å². The molecule has 6 nitrogen and oxygen atoms in total. The Morgan fingerprint density at radius 2 is 2.20 bits per heavy atom. The minimum absolute atomic E-state index is 0.0647. The van der Waals surface area contributed by atoms with Crippen LogP contribution in [0.1, 0.15) is 10.4 Å². The van der Waals surface area contributed by atoms with Gasteiger partial charge in [-0.1, -0.05) is 11.6 Å². The fourth-order valence-corrected chi connectivity index (χ4v) is 1.29. The van der Waals surface area contributed by atoms with E-state index in [1.54, 1.807) is 0 Å². The average Bonchev–Trinajstić information content (AvgIpc) is 2.15. The summed E-state index contributed by atoms with van der Waals surface area (Å²) in [6.45, 7) is 0. The van der Waals surface area contributed by atoms with Crippen molar-refractivity contribution in [2.24, 2.45) is 0 Å². The molecule has 1 N–H and O–H groups in total. The van der Waals surface area contributed by atoms with Crippen LogP contribution in [0.25, 0.3) is 0 Å². The van der Waals surface area contributed by atoms with Crippen LogP contribution in [0.4, 0.5) is 5.69 Å². The summed E-state index contributed by atoms with van der Waals surface area (Å²) in [5.74, 6) is -1.60. The Kier molecular flexibility index (Phi) is 3.11. The SMILES string of the molecule is COc1cc(Cl)cc(C(=O)O)c1[N+](=O)[O-]. The van der Waals surface area contributed by atoms with Crippen LogP contribution in [0, 0.1) is 10.1 Å². The van der Waals surface area contributed by atoms with Gasteiger partial charge in [0, 0.05) is 11.1 Å². The summed E-state index contributed by atoms with van der Waals surface area (Å²) in [6, 6.07) is 2.19. The third kappa shape index (κ3) is 2.16. The fraction of sp³-hybridized carbons (Fsp3) is 0.125. The Morgan fingerprint density at radius 1 is 1.60 bits per heavy atom. The molecule has 0 amide bonds. The van der Waals surface area contributed by atoms with Crippen LogP contribution in [0.15, 0.2) is 12.1 Å². The molecule has 15 heavy (non-hydrogen) atoms. The highest BCUT2D eigenvalue weighted by Crippen LogP contribution is 2.33. The number of rotatable bonds is 3. The first-order chi connectivity index (χ1) is 6.97. The van der Waals surface area contributed by atoms with Crippen molar-refractivity contribution in [1.82, 2.24) is 0 Å². The van der Waals surface area contributed by atoms with Crippen molar-refractivity contribution < 1.29 is 19.6 Å². The number of hydrogen-bond acceptors (Lipinski definition) is 4. The monoisotopic (exact) mass is 231 g/mol. The molecule has 0 aromatic heterocycles. The van der Waals surface area contributed by atoms with E-state index in [-0.39, 0.29) is 10.8 Å². The normalized spacial score (nSPS) is 9.73. The lowest BCUT2D eigenvalue weighted by atomic mass is 10.1. The zero-order valence-corrected chi connectivity index (χ0v) is 8.32. The van der Waals surface area contributed by atoms with Gasteiger partial charge in [0.25, 0.3) is 0 Å². The number of nitro benzene ring substituents is 1. The molecule has 80 valence electrons. The highest BCUT2D eigenvalue weighted by atomic mass is 35.5. The number of nitro groups is 1. The van der Waals surface area contributed by atoms with Gasteiger partial charge in [-0.25, -0.2) is 4.79 Å². The number of carboxylic acid groups (broad SMARTS) is 1. The molecular formula is C8H6ClNO5. The van der Waals surface area contributed by atoms with Gasteiger partial charge in [-0.15, -0.1) is 0 Å². The van der Waals surface area contributed by atoms with Crippen molar-refractivity contribution in [2.75, 3.05) is 7.11 Å². The van der Waals surface area contributed by atoms with Gasteiger partial charge in [0.05, 0.1) is 12.0 Å². The maximum Gasteiger partial charge on any atom is 0.342 e. The predicted octanol–water partition coefficient (Wildman–Crippen LogP) is 1.96. The van der Waals surface area contributed by atoms with E-state index in [0.29, 0.717) is 0 Å². The first-order valence-corrected chi connectivity index (χ1v) is 4.10. The number of methoxy groups -OCH3 is 1. The van der Waals surface area contributed by atoms with E-state index in [4.69, 9.17) is 16.7 Å². The smallest absolute Gasteiger partial charge is 0.342 e. The van der Waals surface area contributed by atoms with E-state index in [2.05, 4.69) is 4.74 Å². The van der Waals surface area contributed by atoms with Crippen molar-refractivity contribution >= 4 is 23.3 Å². The van der Waals surface area contributed by atoms with Gasteiger partial charge in [0.2, 0.25) is 0 Å². The quantitative estimate of drug-likeness (QED) is 0.634. The summed E-state index contributed by atoms with van der Waals surface area (Å²) < 4.78 is 4.69. The van der Waals surface area contributed by atoms with Crippen LogP contribution in [0.2, 0.25) is 5.02 Å². The Bertz CT molecular complexity index is 431. The first kappa shape index (κ1) is 11.3. The highest BCUT2D eigenvalue weighted by molar-refractivity contribution is 6.31. The minimum Gasteiger partial charge on any atom is -0.490 e. The molecule has 0 aliphatic heterocycles. The van der Waals surface area contributed by atoms with E-state index >= 15 is 0 Å². The average molecular weight is 232 g/mol. The Labute approximate surface area is 89.2 Å². The van der Waals surface area contributed by atoms with Crippen molar-refractivity contribution in [2.45, 2.75) is 0 Å². The lowest BCUT2D eigenvalue weighted by Gasteiger charge is -2.04. The van der Waals surface area contributed by atoms with Crippen LogP contribution in [-0.2, 0) is 0 Å². The number of ether oxygens (including phenoxy) is 1. The Hall–Kier alpha value is -1.82. The van der Waals surface area contributed by atoms with Gasteiger partial charge in [-0.3, -0.25) is 10.1 Å². The Morgan fingerprint density at radius 3 is 2.60 bits per heavy atom. The Balaban J connectivity index is 3.54. The molecular weight excluding hydrogens is 226 g/mol. The van der Waals surface area contributed by atoms with Crippen LogP contribution >= 0.6 is 11.6 Å². The van der Waals surface area contributed by atoms with Gasteiger partial charge in [-0.05, 0) is 6.07 Å². The summed E-state index contributed by atoms with van der Waals surface area (Å²) >= 11 is 5.58. The second kappa shape index (κ2) is 4.14. The van der Waals surface area contributed by atoms with Gasteiger partial charge >= 0.3 is 11.7 Å². The van der Waals surface area contributed by atoms with Crippen LogP contribution in [0.5, 0.6) is 5.75 Å². The zero-order chi connectivity index (χ0) is 11.6. The fourth-order valence-electron chi connectivity index (χ4n) is 1.08. The molecule has 1 rings (SSSR count). The molecule has 0 fully saturated rings. The first-order valence-electron chi connectivity index (χ1n) is 3.72. The van der Waals surface area contributed by atoms with Gasteiger partial charge < -0.3 is 9.84 Å². The molecule has 0 aliphatic rings. The number of halogens is 1. The summed E-state index contributed by atoms with van der Waals surface area (Å²) in [6.07, 6.45) is 0. The maximum absolute atomic E-state index is 10.7. The molecule has 1 aromatic carbocycles. The topological polar surface area (TPSA) is 89.7 Å².